The van der Waals surface area contributed by atoms with Gasteiger partial charge in [0.1, 0.15) is 11.6 Å². The van der Waals surface area contributed by atoms with Gasteiger partial charge in [-0.05, 0) is 51.9 Å². The molecule has 0 aliphatic carbocycles. The molecule has 1 aromatic carbocycles. The first kappa shape index (κ1) is 14.5. The third kappa shape index (κ3) is 3.24. The third-order valence-corrected chi connectivity index (χ3v) is 3.92. The summed E-state index contributed by atoms with van der Waals surface area (Å²) >= 11 is 0. The van der Waals surface area contributed by atoms with Crippen LogP contribution in [0.5, 0.6) is 0 Å². The second-order valence-corrected chi connectivity index (χ2v) is 6.72. The van der Waals surface area contributed by atoms with Gasteiger partial charge in [-0.1, -0.05) is 0 Å². The van der Waals surface area contributed by atoms with Crippen molar-refractivity contribution in [3.8, 4) is 0 Å². The Balaban J connectivity index is 2.01. The number of hydrogen-bond acceptors (Lipinski definition) is 3. The van der Waals surface area contributed by atoms with Crippen molar-refractivity contribution in [3.05, 3.63) is 29.8 Å². The molecule has 2 aromatic rings. The Morgan fingerprint density at radius 1 is 1.29 bits per heavy atom. The molecule has 0 amide bonds. The first-order valence-electron chi connectivity index (χ1n) is 7.58. The van der Waals surface area contributed by atoms with Gasteiger partial charge in [-0.2, -0.15) is 0 Å². The minimum absolute atomic E-state index is 0.244. The van der Waals surface area contributed by atoms with Crippen molar-refractivity contribution >= 4 is 11.0 Å². The molecule has 3 rings (SSSR count). The molecule has 1 aliphatic heterocycles. The Morgan fingerprint density at radius 3 is 2.67 bits per heavy atom. The summed E-state index contributed by atoms with van der Waals surface area (Å²) in [6.45, 7) is 7.72. The van der Waals surface area contributed by atoms with Gasteiger partial charge in [0, 0.05) is 18.2 Å². The highest BCUT2D eigenvalue weighted by Gasteiger charge is 2.21. The van der Waals surface area contributed by atoms with E-state index >= 15 is 0 Å². The lowest BCUT2D eigenvalue weighted by atomic mass is 10.1. The predicted octanol–water partition coefficient (Wildman–Crippen LogP) is 2.51. The number of hydrogen-bond donors (Lipinski definition) is 1. The molecule has 1 fully saturated rings. The molecule has 5 heteroatoms. The van der Waals surface area contributed by atoms with Crippen LogP contribution >= 0.6 is 0 Å². The quantitative estimate of drug-likeness (QED) is 0.941. The molecular formula is C16H23FN4. The van der Waals surface area contributed by atoms with Crippen molar-refractivity contribution in [2.45, 2.75) is 45.3 Å². The summed E-state index contributed by atoms with van der Waals surface area (Å²) in [7, 11) is 0. The van der Waals surface area contributed by atoms with Gasteiger partial charge in [-0.3, -0.25) is 4.90 Å². The number of nitrogens with two attached hydrogens (primary N) is 1. The Kier molecular flexibility index (Phi) is 3.71. The average Bonchev–Trinajstić information content (AvgIpc) is 2.97. The monoisotopic (exact) mass is 290 g/mol. The molecule has 114 valence electrons. The van der Waals surface area contributed by atoms with Crippen molar-refractivity contribution < 1.29 is 4.39 Å². The number of rotatable bonds is 4. The van der Waals surface area contributed by atoms with Gasteiger partial charge in [-0.25, -0.2) is 9.37 Å². The second-order valence-electron chi connectivity index (χ2n) is 6.72. The minimum atomic E-state index is -0.332. The topological polar surface area (TPSA) is 47.1 Å². The van der Waals surface area contributed by atoms with E-state index in [1.165, 1.54) is 25.0 Å². The van der Waals surface area contributed by atoms with Gasteiger partial charge >= 0.3 is 0 Å². The van der Waals surface area contributed by atoms with Crippen LogP contribution in [0.1, 0.15) is 32.5 Å². The molecule has 1 aliphatic rings. The highest BCUT2D eigenvalue weighted by molar-refractivity contribution is 5.76. The van der Waals surface area contributed by atoms with E-state index in [1.807, 2.05) is 13.8 Å². The molecule has 1 aromatic heterocycles. The zero-order chi connectivity index (χ0) is 15.0. The normalized spacial score (nSPS) is 17.0. The number of halogens is 1. The summed E-state index contributed by atoms with van der Waals surface area (Å²) in [4.78, 5) is 7.05. The summed E-state index contributed by atoms with van der Waals surface area (Å²) < 4.78 is 15.6. The van der Waals surface area contributed by atoms with Crippen molar-refractivity contribution in [1.29, 1.82) is 0 Å². The van der Waals surface area contributed by atoms with E-state index in [-0.39, 0.29) is 11.4 Å². The molecule has 21 heavy (non-hydrogen) atoms. The Labute approximate surface area is 124 Å². The maximum atomic E-state index is 13.4. The maximum Gasteiger partial charge on any atom is 0.125 e. The molecule has 2 heterocycles. The Bertz CT molecular complexity index is 635. The lowest BCUT2D eigenvalue weighted by molar-refractivity contribution is 0.311. The van der Waals surface area contributed by atoms with Gasteiger partial charge in [0.15, 0.2) is 0 Å². The smallest absolute Gasteiger partial charge is 0.125 e. The minimum Gasteiger partial charge on any atom is -0.325 e. The summed E-state index contributed by atoms with van der Waals surface area (Å²) in [5.74, 6) is 0.739. The van der Waals surface area contributed by atoms with Crippen molar-refractivity contribution in [3.63, 3.8) is 0 Å². The number of nitrogens with zero attached hydrogens (tertiary/aromatic N) is 3. The van der Waals surface area contributed by atoms with Gasteiger partial charge in [0.25, 0.3) is 0 Å². The first-order valence-corrected chi connectivity index (χ1v) is 7.58. The van der Waals surface area contributed by atoms with Crippen LogP contribution in [0.3, 0.4) is 0 Å². The molecule has 0 unspecified atom stereocenters. The Morgan fingerprint density at radius 2 is 2.00 bits per heavy atom. The predicted molar refractivity (Wildman–Crippen MR) is 82.5 cm³/mol. The standard InChI is InChI=1S/C16H23FN4/c1-16(2,18)11-21-14-6-5-12(17)9-13(14)19-15(21)10-20-7-3-4-8-20/h5-6,9H,3-4,7-8,10-11,18H2,1-2H3. The van der Waals surface area contributed by atoms with Crippen LogP contribution < -0.4 is 5.73 Å². The van der Waals surface area contributed by atoms with E-state index in [0.29, 0.717) is 12.1 Å². The molecule has 4 nitrogen and oxygen atoms in total. The summed E-state index contributed by atoms with van der Waals surface area (Å²) in [6, 6.07) is 4.80. The fourth-order valence-corrected chi connectivity index (χ4v) is 3.00. The van der Waals surface area contributed by atoms with E-state index in [1.54, 1.807) is 6.07 Å². The molecule has 0 saturated carbocycles. The van der Waals surface area contributed by atoms with Crippen LogP contribution in [-0.2, 0) is 13.1 Å². The summed E-state index contributed by atoms with van der Waals surface area (Å²) in [6.07, 6.45) is 2.49. The van der Waals surface area contributed by atoms with Gasteiger partial charge < -0.3 is 10.3 Å². The molecular weight excluding hydrogens is 267 g/mol. The summed E-state index contributed by atoms with van der Waals surface area (Å²) in [5.41, 5.74) is 7.54. The second kappa shape index (κ2) is 5.39. The third-order valence-electron chi connectivity index (χ3n) is 3.92. The lowest BCUT2D eigenvalue weighted by Crippen LogP contribution is -2.38. The number of aromatic nitrogens is 2. The fourth-order valence-electron chi connectivity index (χ4n) is 3.00. The summed E-state index contributed by atoms with van der Waals surface area (Å²) in [5, 5.41) is 0. The fraction of sp³-hybridized carbons (Fsp3) is 0.562. The van der Waals surface area contributed by atoms with E-state index in [0.717, 1.165) is 31.0 Å². The molecule has 0 radical (unpaired) electrons. The van der Waals surface area contributed by atoms with Gasteiger partial charge in [0.05, 0.1) is 17.6 Å². The zero-order valence-corrected chi connectivity index (χ0v) is 12.8. The van der Waals surface area contributed by atoms with Crippen LogP contribution in [0.4, 0.5) is 4.39 Å². The van der Waals surface area contributed by atoms with Crippen LogP contribution in [0, 0.1) is 5.82 Å². The number of imidazole rings is 1. The van der Waals surface area contributed by atoms with Crippen molar-refractivity contribution in [2.24, 2.45) is 5.73 Å². The van der Waals surface area contributed by atoms with Crippen molar-refractivity contribution in [1.82, 2.24) is 14.5 Å². The SMILES string of the molecule is CC(C)(N)Cn1c(CN2CCCC2)nc2cc(F)ccc21. The highest BCUT2D eigenvalue weighted by atomic mass is 19.1. The van der Waals surface area contributed by atoms with Gasteiger partial charge in [0.2, 0.25) is 0 Å². The molecule has 1 saturated heterocycles. The first-order chi connectivity index (χ1) is 9.92. The number of fused-ring (bicyclic) bond motifs is 1. The van der Waals surface area contributed by atoms with Crippen LogP contribution in [0.15, 0.2) is 18.2 Å². The lowest BCUT2D eigenvalue weighted by Gasteiger charge is -2.23. The maximum absolute atomic E-state index is 13.4. The molecule has 0 atom stereocenters. The number of likely N-dealkylation sites (tertiary alicyclic amines) is 1. The van der Waals surface area contributed by atoms with E-state index in [2.05, 4.69) is 14.5 Å². The average molecular weight is 290 g/mol. The van der Waals surface area contributed by atoms with E-state index in [4.69, 9.17) is 5.73 Å². The molecule has 0 bridgehead atoms. The van der Waals surface area contributed by atoms with Crippen molar-refractivity contribution in [2.75, 3.05) is 13.1 Å². The van der Waals surface area contributed by atoms with Crippen LogP contribution in [-0.4, -0.2) is 33.1 Å². The van der Waals surface area contributed by atoms with Gasteiger partial charge in [-0.15, -0.1) is 0 Å². The highest BCUT2D eigenvalue weighted by Crippen LogP contribution is 2.22. The molecule has 0 spiro atoms. The van der Waals surface area contributed by atoms with E-state index in [9.17, 15) is 4.39 Å². The van der Waals surface area contributed by atoms with E-state index < -0.39 is 0 Å². The number of benzene rings is 1. The zero-order valence-electron chi connectivity index (χ0n) is 12.8. The molecule has 2 N–H and O–H groups in total. The van der Waals surface area contributed by atoms with Crippen LogP contribution in [0.2, 0.25) is 0 Å². The van der Waals surface area contributed by atoms with Crippen LogP contribution in [0.25, 0.3) is 11.0 Å². The largest absolute Gasteiger partial charge is 0.325 e. The Hall–Kier alpha value is -1.46.